The lowest BCUT2D eigenvalue weighted by Crippen LogP contribution is -2.34. The number of carboxylic acids is 1. The topological polar surface area (TPSA) is 80.5 Å². The smallest absolute Gasteiger partial charge is 0.313 e. The van der Waals surface area contributed by atoms with Crippen molar-refractivity contribution in [3.63, 3.8) is 0 Å². The first-order valence-corrected chi connectivity index (χ1v) is 7.63. The van der Waals surface area contributed by atoms with Gasteiger partial charge in [-0.25, -0.2) is 0 Å². The fourth-order valence-corrected chi connectivity index (χ4v) is 2.86. The Kier molecular flexibility index (Phi) is 5.24. The Bertz CT molecular complexity index is 460. The van der Waals surface area contributed by atoms with E-state index in [0.717, 1.165) is 31.9 Å². The molecule has 1 aromatic heterocycles. The highest BCUT2D eigenvalue weighted by atomic mass is 32.2. The molecule has 1 aliphatic rings. The molecule has 0 spiro atoms. The van der Waals surface area contributed by atoms with E-state index in [2.05, 4.69) is 10.2 Å². The molecule has 1 unspecified atom stereocenters. The summed E-state index contributed by atoms with van der Waals surface area (Å²) in [7, 11) is 3.80. The van der Waals surface area contributed by atoms with Gasteiger partial charge in [0.05, 0.1) is 11.9 Å². The summed E-state index contributed by atoms with van der Waals surface area (Å²) >= 11 is 1.17. The van der Waals surface area contributed by atoms with Crippen LogP contribution in [0.5, 0.6) is 0 Å². The Balaban J connectivity index is 1.95. The van der Waals surface area contributed by atoms with E-state index in [4.69, 9.17) is 9.84 Å². The van der Waals surface area contributed by atoms with Gasteiger partial charge in [-0.05, 0) is 19.3 Å². The molecule has 0 bridgehead atoms. The van der Waals surface area contributed by atoms with Crippen molar-refractivity contribution in [2.24, 2.45) is 7.05 Å². The number of likely N-dealkylation sites (N-methyl/N-ethyl adjacent to an activating group) is 1. The molecule has 1 N–H and O–H groups in total. The molecule has 20 heavy (non-hydrogen) atoms. The SMILES string of the molecule is CN(CC1CCCCO1)c1nnc(SCC(=O)O)n1C. The maximum absolute atomic E-state index is 10.6. The minimum absolute atomic E-state index is 0.0125. The van der Waals surface area contributed by atoms with Crippen molar-refractivity contribution in [1.82, 2.24) is 14.8 Å². The van der Waals surface area contributed by atoms with Crippen LogP contribution in [0.15, 0.2) is 5.16 Å². The number of ether oxygens (including phenoxy) is 1. The Hall–Kier alpha value is -1.28. The van der Waals surface area contributed by atoms with E-state index in [1.807, 2.05) is 23.6 Å². The molecule has 7 nitrogen and oxygen atoms in total. The lowest BCUT2D eigenvalue weighted by Gasteiger charge is -2.27. The lowest BCUT2D eigenvalue weighted by atomic mass is 10.1. The number of thioether (sulfide) groups is 1. The number of hydrogen-bond acceptors (Lipinski definition) is 6. The molecule has 1 atom stereocenters. The molecule has 1 aliphatic heterocycles. The summed E-state index contributed by atoms with van der Waals surface area (Å²) in [5, 5.41) is 17.5. The monoisotopic (exact) mass is 300 g/mol. The van der Waals surface area contributed by atoms with Crippen LogP contribution in [-0.2, 0) is 16.6 Å². The molecule has 0 saturated carbocycles. The van der Waals surface area contributed by atoms with Crippen LogP contribution in [-0.4, -0.2) is 57.9 Å². The Morgan fingerprint density at radius 3 is 3.00 bits per heavy atom. The van der Waals surface area contributed by atoms with Gasteiger partial charge in [0.1, 0.15) is 0 Å². The Morgan fingerprint density at radius 2 is 2.35 bits per heavy atom. The van der Waals surface area contributed by atoms with Crippen molar-refractivity contribution in [1.29, 1.82) is 0 Å². The lowest BCUT2D eigenvalue weighted by molar-refractivity contribution is -0.133. The van der Waals surface area contributed by atoms with E-state index in [-0.39, 0.29) is 11.9 Å². The van der Waals surface area contributed by atoms with Crippen molar-refractivity contribution < 1.29 is 14.6 Å². The molecule has 1 saturated heterocycles. The number of aliphatic carboxylic acids is 1. The average Bonchev–Trinajstić information content (AvgIpc) is 2.79. The highest BCUT2D eigenvalue weighted by molar-refractivity contribution is 7.99. The third-order valence-electron chi connectivity index (χ3n) is 3.23. The Morgan fingerprint density at radius 1 is 1.55 bits per heavy atom. The van der Waals surface area contributed by atoms with Crippen molar-refractivity contribution in [2.45, 2.75) is 30.5 Å². The summed E-state index contributed by atoms with van der Waals surface area (Å²) in [6, 6.07) is 0. The van der Waals surface area contributed by atoms with Gasteiger partial charge >= 0.3 is 5.97 Å². The highest BCUT2D eigenvalue weighted by Gasteiger charge is 2.20. The van der Waals surface area contributed by atoms with Gasteiger partial charge in [-0.2, -0.15) is 0 Å². The second-order valence-electron chi connectivity index (χ2n) is 4.89. The number of anilines is 1. The summed E-state index contributed by atoms with van der Waals surface area (Å²) < 4.78 is 7.53. The normalized spacial score (nSPS) is 19.0. The highest BCUT2D eigenvalue weighted by Crippen LogP contribution is 2.21. The molecular formula is C12H20N4O3S. The minimum Gasteiger partial charge on any atom is -0.481 e. The van der Waals surface area contributed by atoms with Gasteiger partial charge in [-0.1, -0.05) is 11.8 Å². The zero-order chi connectivity index (χ0) is 14.5. The van der Waals surface area contributed by atoms with Crippen LogP contribution in [0, 0.1) is 0 Å². The van der Waals surface area contributed by atoms with Gasteiger partial charge in [-0.15, -0.1) is 10.2 Å². The predicted molar refractivity (Wildman–Crippen MR) is 76.2 cm³/mol. The first-order valence-electron chi connectivity index (χ1n) is 6.64. The zero-order valence-electron chi connectivity index (χ0n) is 11.8. The van der Waals surface area contributed by atoms with Crippen molar-refractivity contribution in [3.05, 3.63) is 0 Å². The largest absolute Gasteiger partial charge is 0.481 e. The molecule has 0 radical (unpaired) electrons. The quantitative estimate of drug-likeness (QED) is 0.785. The molecule has 2 rings (SSSR count). The second-order valence-corrected chi connectivity index (χ2v) is 5.84. The van der Waals surface area contributed by atoms with Crippen molar-refractivity contribution in [2.75, 3.05) is 30.9 Å². The average molecular weight is 300 g/mol. The zero-order valence-corrected chi connectivity index (χ0v) is 12.6. The second kappa shape index (κ2) is 6.94. The van der Waals surface area contributed by atoms with E-state index in [9.17, 15) is 4.79 Å². The summed E-state index contributed by atoms with van der Waals surface area (Å²) in [5.74, 6) is -0.142. The van der Waals surface area contributed by atoms with E-state index in [1.54, 1.807) is 0 Å². The molecule has 2 heterocycles. The minimum atomic E-state index is -0.858. The van der Waals surface area contributed by atoms with Crippen molar-refractivity contribution >= 4 is 23.7 Å². The molecule has 112 valence electrons. The van der Waals surface area contributed by atoms with Crippen LogP contribution in [0.25, 0.3) is 0 Å². The van der Waals surface area contributed by atoms with Crippen LogP contribution >= 0.6 is 11.8 Å². The summed E-state index contributed by atoms with van der Waals surface area (Å²) in [4.78, 5) is 12.6. The van der Waals surface area contributed by atoms with Crippen LogP contribution < -0.4 is 4.90 Å². The number of aromatic nitrogens is 3. The summed E-state index contributed by atoms with van der Waals surface area (Å²) in [5.41, 5.74) is 0. The van der Waals surface area contributed by atoms with Crippen LogP contribution in [0.1, 0.15) is 19.3 Å². The summed E-state index contributed by atoms with van der Waals surface area (Å²) in [6.07, 6.45) is 3.65. The number of rotatable bonds is 6. The number of carboxylic acid groups (broad SMARTS) is 1. The van der Waals surface area contributed by atoms with Gasteiger partial charge in [-0.3, -0.25) is 9.36 Å². The third kappa shape index (κ3) is 3.86. The fourth-order valence-electron chi connectivity index (χ4n) is 2.23. The van der Waals surface area contributed by atoms with Gasteiger partial charge in [0.2, 0.25) is 5.95 Å². The first-order chi connectivity index (χ1) is 9.58. The van der Waals surface area contributed by atoms with Crippen molar-refractivity contribution in [3.8, 4) is 0 Å². The molecule has 1 aromatic rings. The Labute approximate surface area is 122 Å². The van der Waals surface area contributed by atoms with E-state index in [0.29, 0.717) is 5.16 Å². The van der Waals surface area contributed by atoms with Crippen LogP contribution in [0.3, 0.4) is 0 Å². The van der Waals surface area contributed by atoms with E-state index in [1.165, 1.54) is 18.2 Å². The predicted octanol–water partition coefficient (Wildman–Crippen LogP) is 0.997. The fraction of sp³-hybridized carbons (Fsp3) is 0.750. The molecule has 8 heteroatoms. The van der Waals surface area contributed by atoms with Gasteiger partial charge < -0.3 is 14.7 Å². The number of nitrogens with zero attached hydrogens (tertiary/aromatic N) is 4. The third-order valence-corrected chi connectivity index (χ3v) is 4.23. The molecule has 1 fully saturated rings. The van der Waals surface area contributed by atoms with E-state index < -0.39 is 5.97 Å². The van der Waals surface area contributed by atoms with E-state index >= 15 is 0 Å². The molecular weight excluding hydrogens is 280 g/mol. The first kappa shape index (κ1) is 15.1. The van der Waals surface area contributed by atoms with Crippen LogP contribution in [0.2, 0.25) is 0 Å². The summed E-state index contributed by atoms with van der Waals surface area (Å²) in [6.45, 7) is 1.60. The van der Waals surface area contributed by atoms with Gasteiger partial charge in [0, 0.05) is 27.2 Å². The number of hydrogen-bond donors (Lipinski definition) is 1. The molecule has 0 aromatic carbocycles. The van der Waals surface area contributed by atoms with Gasteiger partial charge in [0.25, 0.3) is 0 Å². The maximum atomic E-state index is 10.6. The van der Waals surface area contributed by atoms with Gasteiger partial charge in [0.15, 0.2) is 5.16 Å². The molecule has 0 amide bonds. The molecule has 0 aliphatic carbocycles. The van der Waals surface area contributed by atoms with Crippen LogP contribution in [0.4, 0.5) is 5.95 Å². The number of carbonyl (C=O) groups is 1. The maximum Gasteiger partial charge on any atom is 0.313 e. The standard InChI is InChI=1S/C12H20N4O3S/c1-15(7-9-5-3-4-6-19-9)11-13-14-12(16(11)2)20-8-10(17)18/h9H,3-8H2,1-2H3,(H,17,18).